The number of rotatable bonds is 2. The van der Waals surface area contributed by atoms with Gasteiger partial charge in [-0.25, -0.2) is 4.68 Å². The van der Waals surface area contributed by atoms with Crippen LogP contribution in [0.25, 0.3) is 11.0 Å². The molecule has 1 aliphatic heterocycles. The van der Waals surface area contributed by atoms with Crippen LogP contribution in [0, 0.1) is 0 Å². The predicted molar refractivity (Wildman–Crippen MR) is 74.8 cm³/mol. The van der Waals surface area contributed by atoms with Gasteiger partial charge >= 0.3 is 0 Å². The maximum Gasteiger partial charge on any atom is 0.127 e. The van der Waals surface area contributed by atoms with Crippen molar-refractivity contribution in [1.82, 2.24) is 19.9 Å². The minimum Gasteiger partial charge on any atom is -0.272 e. The second kappa shape index (κ2) is 4.04. The molecule has 2 atom stereocenters. The Hall–Kier alpha value is -1.42. The molecule has 1 saturated carbocycles. The minimum atomic E-state index is 0.0537. The normalized spacial score (nSPS) is 31.7. The average molecular weight is 256 g/mol. The maximum atomic E-state index is 4.40. The molecule has 0 bridgehead atoms. The van der Waals surface area contributed by atoms with Gasteiger partial charge in [-0.3, -0.25) is 4.90 Å². The third-order valence-electron chi connectivity index (χ3n) is 4.81. The van der Waals surface area contributed by atoms with Crippen LogP contribution in [0.1, 0.15) is 39.0 Å². The summed E-state index contributed by atoms with van der Waals surface area (Å²) in [4.78, 5) is 2.60. The van der Waals surface area contributed by atoms with Crippen LogP contribution in [0.2, 0.25) is 0 Å². The summed E-state index contributed by atoms with van der Waals surface area (Å²) >= 11 is 0. The predicted octanol–water partition coefficient (Wildman–Crippen LogP) is 2.75. The van der Waals surface area contributed by atoms with Crippen LogP contribution in [0.3, 0.4) is 0 Å². The largest absolute Gasteiger partial charge is 0.272 e. The van der Waals surface area contributed by atoms with Gasteiger partial charge in [-0.2, -0.15) is 0 Å². The molecule has 2 aromatic rings. The SMILES string of the molecule is C[C@]1(n2nnc3ccccc32)CN1C1CCCCC1. The summed E-state index contributed by atoms with van der Waals surface area (Å²) in [6.45, 7) is 3.41. The van der Waals surface area contributed by atoms with Crippen molar-refractivity contribution in [3.05, 3.63) is 24.3 Å². The number of para-hydroxylation sites is 1. The summed E-state index contributed by atoms with van der Waals surface area (Å²) in [5, 5.41) is 8.69. The van der Waals surface area contributed by atoms with Gasteiger partial charge in [0.1, 0.15) is 11.2 Å². The second-order valence-corrected chi connectivity index (χ2v) is 6.13. The molecule has 4 rings (SSSR count). The van der Waals surface area contributed by atoms with Gasteiger partial charge in [0.05, 0.1) is 5.52 Å². The van der Waals surface area contributed by atoms with Crippen LogP contribution in [-0.4, -0.2) is 32.5 Å². The summed E-state index contributed by atoms with van der Waals surface area (Å²) in [5.41, 5.74) is 2.21. The number of benzene rings is 1. The van der Waals surface area contributed by atoms with Gasteiger partial charge in [-0.05, 0) is 31.9 Å². The highest BCUT2D eigenvalue weighted by molar-refractivity contribution is 5.74. The summed E-state index contributed by atoms with van der Waals surface area (Å²) < 4.78 is 2.12. The van der Waals surface area contributed by atoms with Crippen molar-refractivity contribution in [3.63, 3.8) is 0 Å². The van der Waals surface area contributed by atoms with E-state index in [1.54, 1.807) is 0 Å². The molecule has 2 heterocycles. The molecule has 1 aliphatic carbocycles. The molecule has 0 amide bonds. The van der Waals surface area contributed by atoms with Crippen molar-refractivity contribution in [2.24, 2.45) is 0 Å². The van der Waals surface area contributed by atoms with E-state index < -0.39 is 0 Å². The molecular weight excluding hydrogens is 236 g/mol. The van der Waals surface area contributed by atoms with Gasteiger partial charge in [0.2, 0.25) is 0 Å². The van der Waals surface area contributed by atoms with Gasteiger partial charge in [-0.1, -0.05) is 36.6 Å². The fraction of sp³-hybridized carbons (Fsp3) is 0.600. The van der Waals surface area contributed by atoms with E-state index in [9.17, 15) is 0 Å². The molecule has 0 spiro atoms. The summed E-state index contributed by atoms with van der Waals surface area (Å²) in [5.74, 6) is 0. The lowest BCUT2D eigenvalue weighted by Crippen LogP contribution is -2.30. The first-order valence-corrected chi connectivity index (χ1v) is 7.37. The Morgan fingerprint density at radius 2 is 1.95 bits per heavy atom. The highest BCUT2D eigenvalue weighted by Gasteiger charge is 2.54. The molecule has 2 aliphatic rings. The quantitative estimate of drug-likeness (QED) is 0.775. The fourth-order valence-electron chi connectivity index (χ4n) is 3.62. The summed E-state index contributed by atoms with van der Waals surface area (Å²) in [6.07, 6.45) is 6.88. The number of fused-ring (bicyclic) bond motifs is 1. The molecule has 4 heteroatoms. The molecule has 2 fully saturated rings. The molecule has 4 nitrogen and oxygen atoms in total. The molecule has 1 aromatic carbocycles. The van der Waals surface area contributed by atoms with Crippen molar-refractivity contribution in [3.8, 4) is 0 Å². The minimum absolute atomic E-state index is 0.0537. The Balaban J connectivity index is 1.65. The second-order valence-electron chi connectivity index (χ2n) is 6.13. The smallest absolute Gasteiger partial charge is 0.127 e. The van der Waals surface area contributed by atoms with E-state index in [1.165, 1.54) is 32.1 Å². The third-order valence-corrected chi connectivity index (χ3v) is 4.81. The molecule has 100 valence electrons. The van der Waals surface area contributed by atoms with Crippen molar-refractivity contribution < 1.29 is 0 Å². The Morgan fingerprint density at radius 3 is 2.79 bits per heavy atom. The van der Waals surface area contributed by atoms with Crippen molar-refractivity contribution in [2.45, 2.75) is 50.7 Å². The lowest BCUT2D eigenvalue weighted by Gasteiger charge is -2.26. The maximum absolute atomic E-state index is 4.40. The Labute approximate surface area is 113 Å². The Bertz CT molecular complexity index is 599. The zero-order chi connectivity index (χ0) is 12.9. The van der Waals surface area contributed by atoms with Crippen LogP contribution in [0.5, 0.6) is 0 Å². The topological polar surface area (TPSA) is 33.7 Å². The zero-order valence-corrected chi connectivity index (χ0v) is 11.4. The molecule has 0 radical (unpaired) electrons. The van der Waals surface area contributed by atoms with Crippen LogP contribution in [0.15, 0.2) is 24.3 Å². The van der Waals surface area contributed by atoms with E-state index in [1.807, 2.05) is 12.1 Å². The van der Waals surface area contributed by atoms with Gasteiger partial charge in [0.15, 0.2) is 0 Å². The Kier molecular flexibility index (Phi) is 2.42. The number of aromatic nitrogens is 3. The average Bonchev–Trinajstić information content (AvgIpc) is 2.97. The number of hydrogen-bond donors (Lipinski definition) is 0. The molecule has 19 heavy (non-hydrogen) atoms. The first-order chi connectivity index (χ1) is 9.29. The first kappa shape index (κ1) is 11.4. The summed E-state index contributed by atoms with van der Waals surface area (Å²) in [6, 6.07) is 9.00. The highest BCUT2D eigenvalue weighted by Crippen LogP contribution is 2.43. The van der Waals surface area contributed by atoms with Crippen LogP contribution in [0.4, 0.5) is 0 Å². The Morgan fingerprint density at radius 1 is 1.16 bits per heavy atom. The first-order valence-electron chi connectivity index (χ1n) is 7.37. The third kappa shape index (κ3) is 1.70. The molecule has 1 unspecified atom stereocenters. The van der Waals surface area contributed by atoms with E-state index in [0.29, 0.717) is 0 Å². The highest BCUT2D eigenvalue weighted by atomic mass is 15.6. The van der Waals surface area contributed by atoms with Gasteiger partial charge in [0.25, 0.3) is 0 Å². The van der Waals surface area contributed by atoms with Crippen molar-refractivity contribution in [1.29, 1.82) is 0 Å². The van der Waals surface area contributed by atoms with E-state index in [0.717, 1.165) is 23.6 Å². The van der Waals surface area contributed by atoms with Crippen molar-refractivity contribution in [2.75, 3.05) is 6.54 Å². The zero-order valence-electron chi connectivity index (χ0n) is 11.4. The van der Waals surface area contributed by atoms with Gasteiger partial charge in [0, 0.05) is 12.6 Å². The monoisotopic (exact) mass is 256 g/mol. The van der Waals surface area contributed by atoms with Crippen LogP contribution >= 0.6 is 0 Å². The standard InChI is InChI=1S/C15H20N4/c1-15(11-18(15)12-7-3-2-4-8-12)19-14-10-6-5-9-13(14)16-17-19/h5-6,9-10,12H,2-4,7-8,11H2,1H3/t15-,18?/m0/s1. The molecule has 0 N–H and O–H groups in total. The summed E-state index contributed by atoms with van der Waals surface area (Å²) in [7, 11) is 0. The molecule has 1 aromatic heterocycles. The van der Waals surface area contributed by atoms with E-state index in [2.05, 4.69) is 39.0 Å². The van der Waals surface area contributed by atoms with Gasteiger partial charge < -0.3 is 0 Å². The van der Waals surface area contributed by atoms with Crippen LogP contribution < -0.4 is 0 Å². The molecular formula is C15H20N4. The lowest BCUT2D eigenvalue weighted by atomic mass is 9.95. The van der Waals surface area contributed by atoms with E-state index >= 15 is 0 Å². The molecule has 1 saturated heterocycles. The fourth-order valence-corrected chi connectivity index (χ4v) is 3.62. The number of nitrogens with zero attached hydrogens (tertiary/aromatic N) is 4. The lowest BCUT2D eigenvalue weighted by molar-refractivity contribution is 0.212. The van der Waals surface area contributed by atoms with E-state index in [-0.39, 0.29) is 5.66 Å². The number of hydrogen-bond acceptors (Lipinski definition) is 3. The van der Waals surface area contributed by atoms with Gasteiger partial charge in [-0.15, -0.1) is 5.10 Å². The van der Waals surface area contributed by atoms with E-state index in [4.69, 9.17) is 0 Å². The van der Waals surface area contributed by atoms with Crippen LogP contribution in [-0.2, 0) is 5.66 Å². The van der Waals surface area contributed by atoms with Crippen molar-refractivity contribution >= 4 is 11.0 Å².